The Hall–Kier alpha value is -14.7. The van der Waals surface area contributed by atoms with Crippen molar-refractivity contribution in [1.29, 1.82) is 0 Å². The fourth-order valence-corrected chi connectivity index (χ4v) is 28.7. The van der Waals surface area contributed by atoms with Crippen LogP contribution in [0.5, 0.6) is 0 Å². The third-order valence-corrected chi connectivity index (χ3v) is 36.9. The van der Waals surface area contributed by atoms with Crippen molar-refractivity contribution in [3.8, 4) is 66.8 Å². The summed E-state index contributed by atoms with van der Waals surface area (Å²) >= 11 is 19.4. The molecular formula is C109H96Cl3N17O15S6. The lowest BCUT2D eigenvalue weighted by atomic mass is 9.97. The van der Waals surface area contributed by atoms with Crippen LogP contribution in [0.2, 0.25) is 15.1 Å². The Morgan fingerprint density at radius 1 is 0.353 bits per heavy atom. The summed E-state index contributed by atoms with van der Waals surface area (Å²) in [5.74, 6) is 0. The lowest BCUT2D eigenvalue weighted by molar-refractivity contribution is 0.145. The maximum atomic E-state index is 12.9. The van der Waals surface area contributed by atoms with Crippen LogP contribution >= 0.6 is 34.8 Å². The number of sulfonamides is 6. The summed E-state index contributed by atoms with van der Waals surface area (Å²) in [6.45, 7) is 9.28. The predicted octanol–water partition coefficient (Wildman–Crippen LogP) is 20.7. The normalized spacial score (nSPS) is 16.4. The van der Waals surface area contributed by atoms with E-state index in [1.54, 1.807) is 135 Å². The maximum absolute atomic E-state index is 12.9. The molecule has 10 N–H and O–H groups in total. The quantitative estimate of drug-likeness (QED) is 0.0574. The van der Waals surface area contributed by atoms with Crippen LogP contribution in [-0.2, 0) is 71.3 Å². The second-order valence-corrected chi connectivity index (χ2v) is 48.0. The largest absolute Gasteiger partial charge is 0.398 e. The number of methoxy groups -OCH3 is 1. The molecule has 0 bridgehead atoms. The van der Waals surface area contributed by atoms with Crippen LogP contribution in [0.4, 0.5) is 62.6 Å². The van der Waals surface area contributed by atoms with Gasteiger partial charge in [0.05, 0.1) is 124 Å². The van der Waals surface area contributed by atoms with Crippen molar-refractivity contribution in [1.82, 2.24) is 29.9 Å². The van der Waals surface area contributed by atoms with Gasteiger partial charge in [0.15, 0.2) is 0 Å². The van der Waals surface area contributed by atoms with Gasteiger partial charge in [-0.1, -0.05) is 102 Å². The Balaban J connectivity index is 0.000000105. The van der Waals surface area contributed by atoms with Crippen LogP contribution in [0.3, 0.4) is 0 Å². The fourth-order valence-electron chi connectivity index (χ4n) is 20.1. The van der Waals surface area contributed by atoms with Crippen molar-refractivity contribution in [2.24, 2.45) is 0 Å². The number of hydrogen-bond acceptors (Lipinski definition) is 26. The molecule has 0 aliphatic carbocycles. The smallest absolute Gasteiger partial charge is 0.262 e. The monoisotopic (exact) mass is 2180 g/mol. The summed E-state index contributed by atoms with van der Waals surface area (Å²) in [5.41, 5.74) is 26.5. The number of nitrogen functional groups attached to an aromatic ring is 1. The van der Waals surface area contributed by atoms with Crippen LogP contribution in [0.1, 0.15) is 45.1 Å². The minimum absolute atomic E-state index is 0.229. The molecule has 14 heterocycles. The summed E-state index contributed by atoms with van der Waals surface area (Å²) in [6, 6.07) is 70.8. The molecule has 1 atom stereocenters. The molecule has 26 rings (SSSR count). The zero-order chi connectivity index (χ0) is 105. The molecule has 18 aromatic rings. The number of nitrogens with two attached hydrogens (primary N) is 1. The molecule has 1 unspecified atom stereocenters. The summed E-state index contributed by atoms with van der Waals surface area (Å²) in [4.78, 5) is 36.1. The highest BCUT2D eigenvalue weighted by molar-refractivity contribution is 7.94. The van der Waals surface area contributed by atoms with E-state index < -0.39 is 60.1 Å². The van der Waals surface area contributed by atoms with Crippen LogP contribution < -0.4 is 53.7 Å². The van der Waals surface area contributed by atoms with E-state index in [2.05, 4.69) is 86.8 Å². The second-order valence-electron chi connectivity index (χ2n) is 36.9. The molecule has 41 heteroatoms. The van der Waals surface area contributed by atoms with E-state index in [1.807, 2.05) is 165 Å². The molecule has 2 saturated heterocycles. The van der Waals surface area contributed by atoms with Crippen LogP contribution in [0.25, 0.3) is 132 Å². The van der Waals surface area contributed by atoms with E-state index in [1.165, 1.54) is 0 Å². The van der Waals surface area contributed by atoms with E-state index >= 15 is 0 Å². The molecule has 0 spiro atoms. The van der Waals surface area contributed by atoms with Crippen molar-refractivity contribution in [2.45, 2.75) is 87.5 Å². The third kappa shape index (κ3) is 18.9. The maximum Gasteiger partial charge on any atom is 0.262 e. The zero-order valence-electron chi connectivity index (χ0n) is 81.0. The molecule has 0 radical (unpaired) electrons. The number of aromatic nitrogens is 6. The first-order chi connectivity index (χ1) is 72.0. The third-order valence-electron chi connectivity index (χ3n) is 27.5. The van der Waals surface area contributed by atoms with E-state index in [0.717, 1.165) is 141 Å². The number of ether oxygens (including phenoxy) is 1. The van der Waals surface area contributed by atoms with Crippen LogP contribution in [0, 0.1) is 0 Å². The van der Waals surface area contributed by atoms with E-state index in [-0.39, 0.29) is 36.7 Å². The molecule has 6 aromatic heterocycles. The first kappa shape index (κ1) is 101. The minimum Gasteiger partial charge on any atom is -0.398 e. The molecule has 32 nitrogen and oxygen atoms in total. The van der Waals surface area contributed by atoms with Gasteiger partial charge in [0.1, 0.15) is 0 Å². The predicted molar refractivity (Wildman–Crippen MR) is 596 cm³/mol. The Morgan fingerprint density at radius 2 is 0.713 bits per heavy atom. The van der Waals surface area contributed by atoms with Gasteiger partial charge in [0, 0.05) is 232 Å². The number of halogens is 3. The second kappa shape index (κ2) is 40.0. The average Bonchev–Trinajstić information content (AvgIpc) is 0.770. The highest BCUT2D eigenvalue weighted by Gasteiger charge is 2.39. The van der Waals surface area contributed by atoms with Gasteiger partial charge in [-0.2, -0.15) is 0 Å². The van der Waals surface area contributed by atoms with Crippen molar-refractivity contribution in [3.63, 3.8) is 0 Å². The van der Waals surface area contributed by atoms with E-state index in [4.69, 9.17) is 45.3 Å². The molecule has 150 heavy (non-hydrogen) atoms. The first-order valence-corrected chi connectivity index (χ1v) is 57.9. The van der Waals surface area contributed by atoms with Gasteiger partial charge in [-0.15, -0.1) is 0 Å². The van der Waals surface area contributed by atoms with Crippen molar-refractivity contribution >= 4 is 223 Å². The Bertz CT molecular complexity index is 9390. The van der Waals surface area contributed by atoms with Crippen molar-refractivity contribution < 1.29 is 65.5 Å². The molecule has 12 aromatic carbocycles. The average molecular weight is 2180 g/mol. The van der Waals surface area contributed by atoms with Crippen LogP contribution in [-0.4, -0.2) is 170 Å². The number of hydrogen-bond donors (Lipinski definition) is 9. The fraction of sp³-hybridized carbons (Fsp3) is 0.174. The molecule has 8 aliphatic rings. The summed E-state index contributed by atoms with van der Waals surface area (Å²) in [7, 11) is -16.3. The van der Waals surface area contributed by atoms with Gasteiger partial charge in [-0.3, -0.25) is 58.2 Å². The number of β-amino-alcohol motifs (C(OH)–C–C–N with tert-alkyl or cyclic N) is 1. The number of pyridine rings is 6. The standard InChI is InChI=1S/C20H18ClN3O3S.C19H18ClN3O2S.C19H17ClN2O3S.C19H17N3O3S.C17H15N3O2S.C15H11N3O2S/c21-17-11-16-15-10-12(24-8-5-13(25)6-9-24)3-4-18(15)28(26,27)23-20(16)19-14(17)2-1-7-22-19;1-3-23(4-2)12-7-8-17-14(10-12)15-11-16(20)13-6-5-9-21-18(13)19(15)22-26(17,24)25;1-25-9-3-4-12-6-7-17-14(10-12)15-11-16(20)13-5-2-8-21-18(13)19(15)22-26(17,23)24;23-14-7-9-22(11-14)13-4-6-17-16(10-13)15-5-3-12-2-1-8-20-18(12)19(15)21-26(17,24)25;1-20(2)12-6-8-15-14(10-12)13-7-5-11-4-3-9-18-16(11)17(13)19-23(15,21)22;16-12-7-8-17-14-11(12)6-5-10-9-3-1-2-4-13(9)21(19,20)18-15(10)14/h1-4,7,10-11,13,23,25H,5-6,8-9H2;5-11,22H,3-4H2,1-2H3;2,5-8,10-11,22H,3-4,9H2,1H3;1-6,8,10,14,21,23H,7,9,11H2;3-10,19H,1-2H3;1-8,18H,(H2,16,17). The number of fused-ring (bicyclic) bond motifs is 30. The number of aryl methyl sites for hydroxylation is 1. The summed E-state index contributed by atoms with van der Waals surface area (Å²) in [6.07, 6.45) is 13.0. The number of aliphatic hydroxyl groups excluding tert-OH is 2. The van der Waals surface area contributed by atoms with Crippen molar-refractivity contribution in [3.05, 3.63) is 294 Å². The van der Waals surface area contributed by atoms with Gasteiger partial charge in [-0.25, -0.2) is 50.5 Å². The zero-order valence-corrected chi connectivity index (χ0v) is 88.1. The molecule has 8 aliphatic heterocycles. The topological polar surface area (TPSA) is 443 Å². The van der Waals surface area contributed by atoms with Gasteiger partial charge in [-0.05, 0) is 221 Å². The molecule has 764 valence electrons. The lowest BCUT2D eigenvalue weighted by Gasteiger charge is -2.32. The summed E-state index contributed by atoms with van der Waals surface area (Å²) in [5, 5.41) is 25.9. The SMILES string of the molecule is CCN(CC)c1ccc2c(c1)-c1cc(Cl)c3cccnc3c1NS2(=O)=O.CN(C)c1ccc2c(c1)-c1ccc3cccnc3c1NS2(=O)=O.COCCCc1ccc2c(c1)-c1cc(Cl)c3cccnc3c1NS2(=O)=O.Nc1ccnc2c3c(ccc12)-c1ccccc1S(=O)(=O)N3.O=S1(=O)Nc2c(cc(Cl)c3cccnc23)-c2cc(N3CCC(O)CC3)ccc21.O=S1(=O)Nc2c(ccc3cccnc23)-c2cc(N3CCC(O)C3)ccc21. The van der Waals surface area contributed by atoms with Gasteiger partial charge in [0.2, 0.25) is 0 Å². The number of benzene rings is 12. The minimum atomic E-state index is -3.71. The Labute approximate surface area is 880 Å². The Kier molecular flexibility index (Phi) is 27.0. The first-order valence-electron chi connectivity index (χ1n) is 47.9. The van der Waals surface area contributed by atoms with Gasteiger partial charge < -0.3 is 40.3 Å². The van der Waals surface area contributed by atoms with Crippen LogP contribution in [0.15, 0.2) is 303 Å². The van der Waals surface area contributed by atoms with Gasteiger partial charge >= 0.3 is 0 Å². The number of aliphatic hydroxyl groups is 2. The number of nitrogens with one attached hydrogen (secondary N) is 6. The molecule has 0 saturated carbocycles. The van der Waals surface area contributed by atoms with E-state index in [9.17, 15) is 60.7 Å². The number of piperidine rings is 1. The number of nitrogens with zero attached hydrogens (tertiary/aromatic N) is 10. The Morgan fingerprint density at radius 3 is 1.18 bits per heavy atom. The lowest BCUT2D eigenvalue weighted by Crippen LogP contribution is -2.35. The van der Waals surface area contributed by atoms with Gasteiger partial charge in [0.25, 0.3) is 60.1 Å². The molecule has 0 amide bonds. The van der Waals surface area contributed by atoms with E-state index in [0.29, 0.717) is 158 Å². The summed E-state index contributed by atoms with van der Waals surface area (Å²) < 4.78 is 173. The number of anilines is 11. The molecular weight excluding hydrogens is 2090 g/mol. The highest BCUT2D eigenvalue weighted by Crippen LogP contribution is 2.53. The number of rotatable bonds is 10. The van der Waals surface area contributed by atoms with Crippen molar-refractivity contribution in [2.75, 3.05) is 121 Å². The molecule has 2 fully saturated rings. The highest BCUT2D eigenvalue weighted by atomic mass is 35.5.